The summed E-state index contributed by atoms with van der Waals surface area (Å²) in [5, 5.41) is 0. The molecule has 0 unspecified atom stereocenters. The molecule has 0 aliphatic carbocycles. The van der Waals surface area contributed by atoms with Crippen LogP contribution >= 0.6 is 0 Å². The summed E-state index contributed by atoms with van der Waals surface area (Å²) >= 11 is 0. The molecule has 80 valence electrons. The van der Waals surface area contributed by atoms with Crippen molar-refractivity contribution in [2.45, 2.75) is 6.92 Å². The lowest BCUT2D eigenvalue weighted by atomic mass is 10.3. The fraction of sp³-hybridized carbons (Fsp3) is 0.364. The van der Waals surface area contributed by atoms with E-state index in [0.29, 0.717) is 0 Å². The highest BCUT2D eigenvalue weighted by Crippen LogP contribution is 2.29. The lowest BCUT2D eigenvalue weighted by Crippen LogP contribution is -2.23. The molecule has 0 saturated carbocycles. The van der Waals surface area contributed by atoms with Gasteiger partial charge in [-0.25, -0.2) is 0 Å². The Morgan fingerprint density at radius 3 is 2.87 bits per heavy atom. The molecule has 2 heterocycles. The van der Waals surface area contributed by atoms with Gasteiger partial charge in [0.1, 0.15) is 11.4 Å². The minimum atomic E-state index is 0.841. The van der Waals surface area contributed by atoms with Gasteiger partial charge in [-0.1, -0.05) is 0 Å². The van der Waals surface area contributed by atoms with Crippen LogP contribution in [0.25, 0.3) is 0 Å². The summed E-state index contributed by atoms with van der Waals surface area (Å²) in [5.41, 5.74) is 2.24. The molecule has 15 heavy (non-hydrogen) atoms. The fourth-order valence-electron chi connectivity index (χ4n) is 1.61. The van der Waals surface area contributed by atoms with E-state index in [2.05, 4.69) is 35.0 Å². The summed E-state index contributed by atoms with van der Waals surface area (Å²) in [6, 6.07) is 1.87. The number of ether oxygens (including phenoxy) is 1. The van der Waals surface area contributed by atoms with Crippen molar-refractivity contribution in [2.75, 3.05) is 25.7 Å². The fourth-order valence-corrected chi connectivity index (χ4v) is 1.61. The summed E-state index contributed by atoms with van der Waals surface area (Å²) in [4.78, 5) is 8.42. The number of rotatable bonds is 2. The van der Waals surface area contributed by atoms with Crippen molar-refractivity contribution in [2.24, 2.45) is 0 Å². The molecule has 1 aliphatic rings. The second-order valence-corrected chi connectivity index (χ2v) is 3.63. The Balaban J connectivity index is 2.31. The van der Waals surface area contributed by atoms with E-state index in [0.717, 1.165) is 18.1 Å². The first-order valence-corrected chi connectivity index (χ1v) is 4.86. The Kier molecular flexibility index (Phi) is 2.49. The molecule has 0 saturated heterocycles. The number of methoxy groups -OCH3 is 1. The smallest absolute Gasteiger partial charge is 0.145 e. The topological polar surface area (TPSA) is 28.6 Å². The number of anilines is 1. The van der Waals surface area contributed by atoms with Crippen molar-refractivity contribution < 1.29 is 4.74 Å². The van der Waals surface area contributed by atoms with Crippen molar-refractivity contribution >= 4 is 5.69 Å². The SMILES string of the molecule is COc1ccncc1N1C=C(C)N(C)C1. The van der Waals surface area contributed by atoms with Crippen LogP contribution in [0.3, 0.4) is 0 Å². The number of nitrogens with zero attached hydrogens (tertiary/aromatic N) is 3. The van der Waals surface area contributed by atoms with Crippen LogP contribution in [0.4, 0.5) is 5.69 Å². The third-order valence-electron chi connectivity index (χ3n) is 2.60. The van der Waals surface area contributed by atoms with Crippen LogP contribution in [0.5, 0.6) is 5.75 Å². The van der Waals surface area contributed by atoms with Gasteiger partial charge in [0.05, 0.1) is 20.0 Å². The van der Waals surface area contributed by atoms with E-state index >= 15 is 0 Å². The van der Waals surface area contributed by atoms with E-state index in [9.17, 15) is 0 Å². The predicted octanol–water partition coefficient (Wildman–Crippen LogP) is 1.66. The predicted molar refractivity (Wildman–Crippen MR) is 59.7 cm³/mol. The summed E-state index contributed by atoms with van der Waals surface area (Å²) in [6.45, 7) is 2.93. The normalized spacial score (nSPS) is 15.5. The number of hydrogen-bond acceptors (Lipinski definition) is 4. The van der Waals surface area contributed by atoms with Crippen molar-refractivity contribution in [1.82, 2.24) is 9.88 Å². The summed E-state index contributed by atoms with van der Waals surface area (Å²) in [5.74, 6) is 0.851. The van der Waals surface area contributed by atoms with Gasteiger partial charge >= 0.3 is 0 Å². The maximum atomic E-state index is 5.30. The van der Waals surface area contributed by atoms with Crippen molar-refractivity contribution in [1.29, 1.82) is 0 Å². The van der Waals surface area contributed by atoms with Crippen LogP contribution in [0, 0.1) is 0 Å². The summed E-state index contributed by atoms with van der Waals surface area (Å²) in [7, 11) is 3.74. The average Bonchev–Trinajstić information content (AvgIpc) is 2.59. The van der Waals surface area contributed by atoms with Gasteiger partial charge in [-0.15, -0.1) is 0 Å². The molecule has 0 radical (unpaired) electrons. The molecule has 0 aromatic carbocycles. The lowest BCUT2D eigenvalue weighted by molar-refractivity contribution is 0.411. The van der Waals surface area contributed by atoms with Crippen molar-refractivity contribution in [3.05, 3.63) is 30.4 Å². The molecular formula is C11H15N3O. The monoisotopic (exact) mass is 205 g/mol. The highest BCUT2D eigenvalue weighted by Gasteiger charge is 2.18. The second kappa shape index (κ2) is 3.81. The van der Waals surface area contributed by atoms with Crippen LogP contribution in [-0.2, 0) is 0 Å². The third-order valence-corrected chi connectivity index (χ3v) is 2.60. The lowest BCUT2D eigenvalue weighted by Gasteiger charge is -2.20. The maximum absolute atomic E-state index is 5.30. The molecular weight excluding hydrogens is 190 g/mol. The number of allylic oxidation sites excluding steroid dienone is 1. The quantitative estimate of drug-likeness (QED) is 0.734. The Morgan fingerprint density at radius 2 is 2.27 bits per heavy atom. The van der Waals surface area contributed by atoms with Crippen LogP contribution in [0.1, 0.15) is 6.92 Å². The molecule has 2 rings (SSSR count). The molecule has 0 spiro atoms. The maximum Gasteiger partial charge on any atom is 0.145 e. The summed E-state index contributed by atoms with van der Waals surface area (Å²) in [6.07, 6.45) is 5.65. The molecule has 0 N–H and O–H groups in total. The standard InChI is InChI=1S/C11H15N3O/c1-9-7-14(8-13(9)2)10-6-12-5-4-11(10)15-3/h4-7H,8H2,1-3H3. The van der Waals surface area contributed by atoms with Gasteiger partial charge in [0.15, 0.2) is 0 Å². The van der Waals surface area contributed by atoms with Gasteiger partial charge in [0, 0.05) is 31.2 Å². The largest absolute Gasteiger partial charge is 0.494 e. The minimum absolute atomic E-state index is 0.841. The van der Waals surface area contributed by atoms with Crippen LogP contribution in [0.2, 0.25) is 0 Å². The Bertz CT molecular complexity index is 389. The molecule has 0 atom stereocenters. The first-order chi connectivity index (χ1) is 7.22. The van der Waals surface area contributed by atoms with E-state index < -0.39 is 0 Å². The Labute approximate surface area is 89.8 Å². The van der Waals surface area contributed by atoms with E-state index in [1.807, 2.05) is 12.3 Å². The first-order valence-electron chi connectivity index (χ1n) is 4.86. The minimum Gasteiger partial charge on any atom is -0.494 e. The average molecular weight is 205 g/mol. The highest BCUT2D eigenvalue weighted by atomic mass is 16.5. The Hall–Kier alpha value is -1.71. The van der Waals surface area contributed by atoms with E-state index in [-0.39, 0.29) is 0 Å². The Morgan fingerprint density at radius 1 is 1.47 bits per heavy atom. The zero-order valence-electron chi connectivity index (χ0n) is 9.27. The van der Waals surface area contributed by atoms with E-state index in [1.54, 1.807) is 13.3 Å². The number of pyridine rings is 1. The number of aromatic nitrogens is 1. The van der Waals surface area contributed by atoms with Gasteiger partial charge in [-0.3, -0.25) is 4.98 Å². The van der Waals surface area contributed by atoms with Crippen molar-refractivity contribution in [3.63, 3.8) is 0 Å². The molecule has 1 aliphatic heterocycles. The molecule has 0 fully saturated rings. The van der Waals surface area contributed by atoms with Gasteiger partial charge in [-0.2, -0.15) is 0 Å². The van der Waals surface area contributed by atoms with E-state index in [4.69, 9.17) is 4.74 Å². The van der Waals surface area contributed by atoms with Crippen molar-refractivity contribution in [3.8, 4) is 5.75 Å². The molecule has 4 heteroatoms. The van der Waals surface area contributed by atoms with Gasteiger partial charge in [-0.05, 0) is 6.92 Å². The molecule has 1 aromatic heterocycles. The molecule has 0 amide bonds. The zero-order valence-corrected chi connectivity index (χ0v) is 9.27. The van der Waals surface area contributed by atoms with Gasteiger partial charge in [0.25, 0.3) is 0 Å². The highest BCUT2D eigenvalue weighted by molar-refractivity contribution is 5.59. The van der Waals surface area contributed by atoms with Gasteiger partial charge < -0.3 is 14.5 Å². The summed E-state index contributed by atoms with van der Waals surface area (Å²) < 4.78 is 5.30. The van der Waals surface area contributed by atoms with Crippen LogP contribution in [0.15, 0.2) is 30.4 Å². The molecule has 1 aromatic rings. The second-order valence-electron chi connectivity index (χ2n) is 3.63. The molecule has 0 bridgehead atoms. The first kappa shape index (κ1) is 9.83. The zero-order chi connectivity index (χ0) is 10.8. The van der Waals surface area contributed by atoms with E-state index in [1.165, 1.54) is 5.70 Å². The molecule has 4 nitrogen and oxygen atoms in total. The van der Waals surface area contributed by atoms with Crippen LogP contribution < -0.4 is 9.64 Å². The third kappa shape index (κ3) is 1.75. The van der Waals surface area contributed by atoms with Crippen LogP contribution in [-0.4, -0.2) is 30.7 Å². The van der Waals surface area contributed by atoms with Gasteiger partial charge in [0.2, 0.25) is 0 Å². The number of hydrogen-bond donors (Lipinski definition) is 0.